The lowest BCUT2D eigenvalue weighted by Gasteiger charge is -2.31. The first-order valence-electron chi connectivity index (χ1n) is 5.57. The largest absolute Gasteiger partial charge is 0.488 e. The Morgan fingerprint density at radius 3 is 3.07 bits per heavy atom. The quantitative estimate of drug-likeness (QED) is 0.693. The summed E-state index contributed by atoms with van der Waals surface area (Å²) in [5.74, 6) is 0.406. The molecule has 0 aromatic heterocycles. The topological polar surface area (TPSA) is 49.8 Å². The minimum Gasteiger partial charge on any atom is -0.488 e. The Morgan fingerprint density at radius 1 is 1.53 bits per heavy atom. The zero-order valence-corrected chi connectivity index (χ0v) is 8.82. The molecule has 2 aliphatic heterocycles. The van der Waals surface area contributed by atoms with E-state index in [1.165, 1.54) is 0 Å². The van der Waals surface area contributed by atoms with Crippen LogP contribution in [-0.4, -0.2) is 41.7 Å². The van der Waals surface area contributed by atoms with E-state index in [9.17, 15) is 9.90 Å². The van der Waals surface area contributed by atoms with Crippen molar-refractivity contribution in [3.63, 3.8) is 0 Å². The number of piperidine rings is 1. The number of hydrogen-bond acceptors (Lipinski definition) is 3. The van der Waals surface area contributed by atoms with Crippen LogP contribution in [-0.2, 0) is 9.53 Å². The summed E-state index contributed by atoms with van der Waals surface area (Å²) < 4.78 is 5.32. The second-order valence-corrected chi connectivity index (χ2v) is 4.11. The Bertz CT molecular complexity index is 275. The van der Waals surface area contributed by atoms with Crippen molar-refractivity contribution in [2.24, 2.45) is 0 Å². The Hall–Kier alpha value is -1.03. The molecule has 1 N–H and O–H groups in total. The van der Waals surface area contributed by atoms with Crippen LogP contribution in [0.1, 0.15) is 25.7 Å². The number of amides is 1. The van der Waals surface area contributed by atoms with Gasteiger partial charge in [0.05, 0.1) is 12.7 Å². The molecule has 0 aromatic carbocycles. The summed E-state index contributed by atoms with van der Waals surface area (Å²) in [6, 6.07) is 0. The monoisotopic (exact) mass is 211 g/mol. The predicted octanol–water partition coefficient (Wildman–Crippen LogP) is 0.664. The van der Waals surface area contributed by atoms with E-state index in [-0.39, 0.29) is 12.0 Å². The van der Waals surface area contributed by atoms with Crippen molar-refractivity contribution in [3.05, 3.63) is 11.8 Å². The van der Waals surface area contributed by atoms with Gasteiger partial charge < -0.3 is 14.7 Å². The predicted molar refractivity (Wildman–Crippen MR) is 55.1 cm³/mol. The molecule has 15 heavy (non-hydrogen) atoms. The molecule has 0 aliphatic carbocycles. The van der Waals surface area contributed by atoms with Crippen molar-refractivity contribution in [2.75, 3.05) is 19.7 Å². The molecule has 2 rings (SSSR count). The Morgan fingerprint density at radius 2 is 2.40 bits per heavy atom. The average Bonchev–Trinajstić information content (AvgIpc) is 2.29. The highest BCUT2D eigenvalue weighted by molar-refractivity contribution is 5.91. The summed E-state index contributed by atoms with van der Waals surface area (Å²) in [7, 11) is 0. The summed E-state index contributed by atoms with van der Waals surface area (Å²) in [5, 5.41) is 9.47. The van der Waals surface area contributed by atoms with Gasteiger partial charge in [-0.15, -0.1) is 0 Å². The Kier molecular flexibility index (Phi) is 3.26. The second kappa shape index (κ2) is 4.66. The van der Waals surface area contributed by atoms with Gasteiger partial charge in [-0.3, -0.25) is 4.79 Å². The SMILES string of the molecule is O=C(C1=CCCCO1)N1CCCC(O)C1. The highest BCUT2D eigenvalue weighted by Gasteiger charge is 2.25. The van der Waals surface area contributed by atoms with Gasteiger partial charge >= 0.3 is 0 Å². The van der Waals surface area contributed by atoms with Crippen LogP contribution in [0.25, 0.3) is 0 Å². The van der Waals surface area contributed by atoms with Gasteiger partial charge in [-0.2, -0.15) is 0 Å². The van der Waals surface area contributed by atoms with Crippen molar-refractivity contribution in [1.29, 1.82) is 0 Å². The van der Waals surface area contributed by atoms with E-state index in [0.29, 0.717) is 18.9 Å². The van der Waals surface area contributed by atoms with Gasteiger partial charge in [-0.25, -0.2) is 0 Å². The normalized spacial score (nSPS) is 26.9. The molecule has 1 fully saturated rings. The number of rotatable bonds is 1. The number of carbonyl (C=O) groups excluding carboxylic acids is 1. The second-order valence-electron chi connectivity index (χ2n) is 4.11. The first kappa shape index (κ1) is 10.5. The molecule has 4 heteroatoms. The minimum atomic E-state index is -0.369. The molecule has 0 aromatic rings. The van der Waals surface area contributed by atoms with E-state index < -0.39 is 0 Å². The van der Waals surface area contributed by atoms with Gasteiger partial charge in [-0.05, 0) is 31.8 Å². The molecule has 1 amide bonds. The first-order chi connectivity index (χ1) is 7.27. The molecule has 0 spiro atoms. The summed E-state index contributed by atoms with van der Waals surface area (Å²) >= 11 is 0. The fourth-order valence-electron chi connectivity index (χ4n) is 2.00. The van der Waals surface area contributed by atoms with Crippen molar-refractivity contribution in [1.82, 2.24) is 4.90 Å². The number of nitrogens with zero attached hydrogens (tertiary/aromatic N) is 1. The highest BCUT2D eigenvalue weighted by Crippen LogP contribution is 2.16. The van der Waals surface area contributed by atoms with E-state index >= 15 is 0 Å². The van der Waals surface area contributed by atoms with Crippen LogP contribution in [0.3, 0.4) is 0 Å². The first-order valence-corrected chi connectivity index (χ1v) is 5.57. The maximum Gasteiger partial charge on any atom is 0.288 e. The fraction of sp³-hybridized carbons (Fsp3) is 0.727. The van der Waals surface area contributed by atoms with Crippen molar-refractivity contribution < 1.29 is 14.6 Å². The standard InChI is InChI=1S/C11H17NO3/c13-9-4-3-6-12(8-9)11(14)10-5-1-2-7-15-10/h5,9,13H,1-4,6-8H2. The number of allylic oxidation sites excluding steroid dienone is 1. The number of ether oxygens (including phenoxy) is 1. The van der Waals surface area contributed by atoms with Crippen LogP contribution in [0.4, 0.5) is 0 Å². The van der Waals surface area contributed by atoms with Crippen LogP contribution in [0, 0.1) is 0 Å². The third-order valence-corrected chi connectivity index (χ3v) is 2.83. The van der Waals surface area contributed by atoms with E-state index in [0.717, 1.165) is 32.2 Å². The van der Waals surface area contributed by atoms with Gasteiger partial charge in [0.15, 0.2) is 5.76 Å². The van der Waals surface area contributed by atoms with Crippen LogP contribution in [0.15, 0.2) is 11.8 Å². The smallest absolute Gasteiger partial charge is 0.288 e. The van der Waals surface area contributed by atoms with Crippen molar-refractivity contribution >= 4 is 5.91 Å². The zero-order valence-electron chi connectivity index (χ0n) is 8.82. The van der Waals surface area contributed by atoms with Gasteiger partial charge in [0.1, 0.15) is 0 Å². The fourth-order valence-corrected chi connectivity index (χ4v) is 2.00. The summed E-state index contributed by atoms with van der Waals surface area (Å²) in [6.45, 7) is 1.81. The third-order valence-electron chi connectivity index (χ3n) is 2.83. The van der Waals surface area contributed by atoms with E-state index in [1.54, 1.807) is 4.90 Å². The number of hydrogen-bond donors (Lipinski definition) is 1. The molecule has 0 saturated carbocycles. The Labute approximate surface area is 89.5 Å². The van der Waals surface area contributed by atoms with E-state index in [4.69, 9.17) is 4.74 Å². The van der Waals surface area contributed by atoms with Crippen molar-refractivity contribution in [3.8, 4) is 0 Å². The highest BCUT2D eigenvalue weighted by atomic mass is 16.5. The van der Waals surface area contributed by atoms with Crippen LogP contribution < -0.4 is 0 Å². The number of aliphatic hydroxyl groups is 1. The van der Waals surface area contributed by atoms with Crippen LogP contribution in [0.2, 0.25) is 0 Å². The average molecular weight is 211 g/mol. The number of carbonyl (C=O) groups is 1. The molecule has 1 atom stereocenters. The molecule has 1 unspecified atom stereocenters. The van der Waals surface area contributed by atoms with Gasteiger partial charge in [0, 0.05) is 13.1 Å². The molecule has 2 heterocycles. The lowest BCUT2D eigenvalue weighted by atomic mass is 10.1. The van der Waals surface area contributed by atoms with Crippen LogP contribution in [0.5, 0.6) is 0 Å². The molecular weight excluding hydrogens is 194 g/mol. The molecule has 2 aliphatic rings. The summed E-state index contributed by atoms with van der Waals surface area (Å²) in [4.78, 5) is 13.6. The Balaban J connectivity index is 1.97. The molecule has 1 saturated heterocycles. The maximum absolute atomic E-state index is 11.9. The van der Waals surface area contributed by atoms with Crippen LogP contribution >= 0.6 is 0 Å². The summed E-state index contributed by atoms with van der Waals surface area (Å²) in [5.41, 5.74) is 0. The molecule has 84 valence electrons. The number of β-amino-alcohol motifs (C(OH)–C–C–N with tert-alkyl or cyclic N) is 1. The zero-order chi connectivity index (χ0) is 10.7. The summed E-state index contributed by atoms with van der Waals surface area (Å²) in [6.07, 6.45) is 5.06. The minimum absolute atomic E-state index is 0.0616. The van der Waals surface area contributed by atoms with Gasteiger partial charge in [0.2, 0.25) is 0 Å². The number of aliphatic hydroxyl groups excluding tert-OH is 1. The van der Waals surface area contributed by atoms with Crippen molar-refractivity contribution in [2.45, 2.75) is 31.8 Å². The van der Waals surface area contributed by atoms with Gasteiger partial charge in [-0.1, -0.05) is 0 Å². The molecular formula is C11H17NO3. The lowest BCUT2D eigenvalue weighted by Crippen LogP contribution is -2.43. The maximum atomic E-state index is 11.9. The van der Waals surface area contributed by atoms with E-state index in [1.807, 2.05) is 6.08 Å². The third kappa shape index (κ3) is 2.50. The molecule has 0 radical (unpaired) electrons. The molecule has 0 bridgehead atoms. The lowest BCUT2D eigenvalue weighted by molar-refractivity contribution is -0.134. The number of likely N-dealkylation sites (tertiary alicyclic amines) is 1. The van der Waals surface area contributed by atoms with Gasteiger partial charge in [0.25, 0.3) is 5.91 Å². The van der Waals surface area contributed by atoms with E-state index in [2.05, 4.69) is 0 Å². The molecule has 4 nitrogen and oxygen atoms in total.